The smallest absolute Gasteiger partial charge is 0.223 e. The SMILES string of the molecule is CC(C)OCCNC(=O)C1CCC1. The maximum Gasteiger partial charge on any atom is 0.223 e. The molecule has 1 aliphatic carbocycles. The average Bonchev–Trinajstić information content (AvgIpc) is 1.94. The Kier molecular flexibility index (Phi) is 4.22. The Labute approximate surface area is 79.8 Å². The Morgan fingerprint density at radius 2 is 2.23 bits per heavy atom. The summed E-state index contributed by atoms with van der Waals surface area (Å²) in [5.74, 6) is 0.498. The fourth-order valence-electron chi connectivity index (χ4n) is 1.28. The van der Waals surface area contributed by atoms with E-state index in [0.717, 1.165) is 12.8 Å². The van der Waals surface area contributed by atoms with E-state index in [4.69, 9.17) is 4.74 Å². The van der Waals surface area contributed by atoms with E-state index < -0.39 is 0 Å². The van der Waals surface area contributed by atoms with Crippen LogP contribution in [0.5, 0.6) is 0 Å². The van der Waals surface area contributed by atoms with Crippen LogP contribution in [-0.4, -0.2) is 25.2 Å². The van der Waals surface area contributed by atoms with E-state index in [1.165, 1.54) is 6.42 Å². The molecule has 0 bridgehead atoms. The summed E-state index contributed by atoms with van der Waals surface area (Å²) in [6.45, 7) is 5.26. The van der Waals surface area contributed by atoms with Gasteiger partial charge in [0.1, 0.15) is 0 Å². The zero-order chi connectivity index (χ0) is 9.68. The van der Waals surface area contributed by atoms with Gasteiger partial charge in [-0.1, -0.05) is 6.42 Å². The molecule has 1 aliphatic rings. The molecule has 0 radical (unpaired) electrons. The highest BCUT2D eigenvalue weighted by Crippen LogP contribution is 2.25. The number of nitrogens with one attached hydrogen (secondary N) is 1. The first kappa shape index (κ1) is 10.5. The number of carbonyl (C=O) groups excluding carboxylic acids is 1. The van der Waals surface area contributed by atoms with Gasteiger partial charge in [0.25, 0.3) is 0 Å². The molecule has 0 aromatic carbocycles. The van der Waals surface area contributed by atoms with Crippen molar-refractivity contribution in [2.24, 2.45) is 5.92 Å². The van der Waals surface area contributed by atoms with Crippen LogP contribution in [0.4, 0.5) is 0 Å². The van der Waals surface area contributed by atoms with Gasteiger partial charge in [0.2, 0.25) is 5.91 Å². The van der Waals surface area contributed by atoms with Crippen LogP contribution in [0.25, 0.3) is 0 Å². The van der Waals surface area contributed by atoms with Gasteiger partial charge in [-0.2, -0.15) is 0 Å². The maximum atomic E-state index is 11.3. The van der Waals surface area contributed by atoms with E-state index in [0.29, 0.717) is 19.1 Å². The van der Waals surface area contributed by atoms with Crippen molar-refractivity contribution < 1.29 is 9.53 Å². The molecule has 0 aromatic rings. The molecule has 0 aliphatic heterocycles. The van der Waals surface area contributed by atoms with Crippen molar-refractivity contribution in [2.45, 2.75) is 39.2 Å². The molecular formula is C10H19NO2. The molecule has 1 amide bonds. The van der Waals surface area contributed by atoms with Gasteiger partial charge in [0, 0.05) is 12.5 Å². The largest absolute Gasteiger partial charge is 0.377 e. The monoisotopic (exact) mass is 185 g/mol. The fourth-order valence-corrected chi connectivity index (χ4v) is 1.28. The molecule has 1 N–H and O–H groups in total. The molecule has 1 fully saturated rings. The number of hydrogen-bond acceptors (Lipinski definition) is 2. The molecule has 0 atom stereocenters. The second-order valence-corrected chi connectivity index (χ2v) is 3.84. The van der Waals surface area contributed by atoms with E-state index in [9.17, 15) is 4.79 Å². The lowest BCUT2D eigenvalue weighted by atomic mass is 9.85. The lowest BCUT2D eigenvalue weighted by Crippen LogP contribution is -2.36. The van der Waals surface area contributed by atoms with Crippen molar-refractivity contribution in [3.05, 3.63) is 0 Å². The number of ether oxygens (including phenoxy) is 1. The van der Waals surface area contributed by atoms with Crippen LogP contribution in [-0.2, 0) is 9.53 Å². The van der Waals surface area contributed by atoms with Crippen molar-refractivity contribution >= 4 is 5.91 Å². The topological polar surface area (TPSA) is 38.3 Å². The predicted octanol–water partition coefficient (Wildman–Crippen LogP) is 1.33. The molecule has 1 saturated carbocycles. The summed E-state index contributed by atoms with van der Waals surface area (Å²) >= 11 is 0. The van der Waals surface area contributed by atoms with Gasteiger partial charge in [-0.25, -0.2) is 0 Å². The van der Waals surface area contributed by atoms with Gasteiger partial charge in [-0.15, -0.1) is 0 Å². The minimum absolute atomic E-state index is 0.207. The standard InChI is InChI=1S/C10H19NO2/c1-8(2)13-7-6-11-10(12)9-4-3-5-9/h8-9H,3-7H2,1-2H3,(H,11,12). The summed E-state index contributed by atoms with van der Waals surface area (Å²) in [5.41, 5.74) is 0. The normalized spacial score (nSPS) is 17.2. The maximum absolute atomic E-state index is 11.3. The molecule has 0 aromatic heterocycles. The van der Waals surface area contributed by atoms with Crippen LogP contribution in [0.3, 0.4) is 0 Å². The van der Waals surface area contributed by atoms with Crippen LogP contribution in [0.2, 0.25) is 0 Å². The minimum Gasteiger partial charge on any atom is -0.377 e. The molecular weight excluding hydrogens is 166 g/mol. The molecule has 3 nitrogen and oxygen atoms in total. The lowest BCUT2D eigenvalue weighted by molar-refractivity contribution is -0.127. The van der Waals surface area contributed by atoms with Crippen molar-refractivity contribution in [2.75, 3.05) is 13.2 Å². The first-order valence-corrected chi connectivity index (χ1v) is 5.09. The van der Waals surface area contributed by atoms with Gasteiger partial charge in [-0.3, -0.25) is 4.79 Å². The molecule has 0 heterocycles. The minimum atomic E-state index is 0.207. The molecule has 0 spiro atoms. The van der Waals surface area contributed by atoms with Crippen molar-refractivity contribution in [1.82, 2.24) is 5.32 Å². The van der Waals surface area contributed by atoms with Gasteiger partial charge in [0.05, 0.1) is 12.7 Å². The summed E-state index contributed by atoms with van der Waals surface area (Å²) in [4.78, 5) is 11.3. The second-order valence-electron chi connectivity index (χ2n) is 3.84. The van der Waals surface area contributed by atoms with E-state index in [1.54, 1.807) is 0 Å². The van der Waals surface area contributed by atoms with Crippen LogP contribution >= 0.6 is 0 Å². The van der Waals surface area contributed by atoms with Crippen molar-refractivity contribution in [3.8, 4) is 0 Å². The van der Waals surface area contributed by atoms with Gasteiger partial charge < -0.3 is 10.1 Å². The van der Waals surface area contributed by atoms with E-state index in [2.05, 4.69) is 5.32 Å². The molecule has 76 valence electrons. The van der Waals surface area contributed by atoms with Crippen LogP contribution in [0.1, 0.15) is 33.1 Å². The summed E-state index contributed by atoms with van der Waals surface area (Å²) in [6.07, 6.45) is 3.59. The molecule has 0 saturated heterocycles. The van der Waals surface area contributed by atoms with E-state index >= 15 is 0 Å². The average molecular weight is 185 g/mol. The van der Waals surface area contributed by atoms with E-state index in [1.807, 2.05) is 13.8 Å². The molecule has 13 heavy (non-hydrogen) atoms. The quantitative estimate of drug-likeness (QED) is 0.656. The zero-order valence-electron chi connectivity index (χ0n) is 8.51. The Morgan fingerprint density at radius 1 is 1.54 bits per heavy atom. The number of hydrogen-bond donors (Lipinski definition) is 1. The third-order valence-electron chi connectivity index (χ3n) is 2.33. The Morgan fingerprint density at radius 3 is 2.69 bits per heavy atom. The molecule has 1 rings (SSSR count). The number of rotatable bonds is 5. The van der Waals surface area contributed by atoms with Crippen LogP contribution in [0.15, 0.2) is 0 Å². The Hall–Kier alpha value is -0.570. The Balaban J connectivity index is 1.95. The van der Waals surface area contributed by atoms with Gasteiger partial charge >= 0.3 is 0 Å². The fraction of sp³-hybridized carbons (Fsp3) is 0.900. The first-order chi connectivity index (χ1) is 6.20. The number of amides is 1. The van der Waals surface area contributed by atoms with Crippen molar-refractivity contribution in [3.63, 3.8) is 0 Å². The highest BCUT2D eigenvalue weighted by Gasteiger charge is 2.24. The van der Waals surface area contributed by atoms with E-state index in [-0.39, 0.29) is 12.0 Å². The molecule has 3 heteroatoms. The highest BCUT2D eigenvalue weighted by molar-refractivity contribution is 5.79. The summed E-state index contributed by atoms with van der Waals surface area (Å²) < 4.78 is 5.31. The number of carbonyl (C=O) groups is 1. The third-order valence-corrected chi connectivity index (χ3v) is 2.33. The van der Waals surface area contributed by atoms with Gasteiger partial charge in [0.15, 0.2) is 0 Å². The summed E-state index contributed by atoms with van der Waals surface area (Å²) in [6, 6.07) is 0. The van der Waals surface area contributed by atoms with Gasteiger partial charge in [-0.05, 0) is 26.7 Å². The Bertz CT molecular complexity index is 164. The van der Waals surface area contributed by atoms with Crippen LogP contribution < -0.4 is 5.32 Å². The predicted molar refractivity (Wildman–Crippen MR) is 51.4 cm³/mol. The first-order valence-electron chi connectivity index (χ1n) is 5.09. The van der Waals surface area contributed by atoms with Crippen LogP contribution in [0, 0.1) is 5.92 Å². The van der Waals surface area contributed by atoms with Crippen molar-refractivity contribution in [1.29, 1.82) is 0 Å². The second kappa shape index (κ2) is 5.22. The highest BCUT2D eigenvalue weighted by atomic mass is 16.5. The lowest BCUT2D eigenvalue weighted by Gasteiger charge is -2.24. The molecule has 0 unspecified atom stereocenters. The zero-order valence-corrected chi connectivity index (χ0v) is 8.51. The summed E-state index contributed by atoms with van der Waals surface area (Å²) in [7, 11) is 0. The summed E-state index contributed by atoms with van der Waals surface area (Å²) in [5, 5.41) is 2.88. The third kappa shape index (κ3) is 3.77.